The first kappa shape index (κ1) is 20.3. The zero-order chi connectivity index (χ0) is 20.1. The lowest BCUT2D eigenvalue weighted by Crippen LogP contribution is -2.30. The average Bonchev–Trinajstić information content (AvgIpc) is 2.67. The molecule has 1 aliphatic heterocycles. The quantitative estimate of drug-likeness (QED) is 0.637. The molecule has 9 heteroatoms. The zero-order valence-corrected chi connectivity index (χ0v) is 16.6. The Morgan fingerprint density at radius 1 is 1.11 bits per heavy atom. The maximum atomic E-state index is 12.4. The molecule has 148 valence electrons. The van der Waals surface area contributed by atoms with Crippen LogP contribution in [-0.2, 0) is 32.6 Å². The second kappa shape index (κ2) is 8.72. The van der Waals surface area contributed by atoms with Crippen molar-refractivity contribution in [2.45, 2.75) is 30.7 Å². The highest BCUT2D eigenvalue weighted by molar-refractivity contribution is 7.89. The van der Waals surface area contributed by atoms with Gasteiger partial charge in [-0.25, -0.2) is 13.1 Å². The maximum Gasteiger partial charge on any atom is 0.240 e. The van der Waals surface area contributed by atoms with Crippen molar-refractivity contribution in [3.63, 3.8) is 0 Å². The molecular weight excluding hydrogens is 402 g/mol. The summed E-state index contributed by atoms with van der Waals surface area (Å²) < 4.78 is 27.3. The van der Waals surface area contributed by atoms with Crippen molar-refractivity contribution in [1.29, 1.82) is 0 Å². The molecule has 2 aromatic carbocycles. The molecule has 0 radical (unpaired) electrons. The Kier molecular flexibility index (Phi) is 6.33. The summed E-state index contributed by atoms with van der Waals surface area (Å²) in [7, 11) is -3.73. The fraction of sp³-hybridized carbons (Fsp3) is 0.263. The number of hydrogen-bond donors (Lipinski definition) is 3. The van der Waals surface area contributed by atoms with Gasteiger partial charge in [0.1, 0.15) is 0 Å². The Bertz CT molecular complexity index is 991. The Labute approximate surface area is 168 Å². The molecule has 0 saturated carbocycles. The number of carbonyl (C=O) groups is 2. The first-order valence-corrected chi connectivity index (χ1v) is 10.6. The monoisotopic (exact) mass is 421 g/mol. The standard InChI is InChI=1S/C19H20ClN3O4S/c20-15-4-1-13(2-5-15)12-21-18(24)9-10-22-28(26,27)16-6-7-17-14(11-16)3-8-19(25)23-17/h1-2,4-7,11,22H,3,8-10,12H2,(H,21,24)(H,23,25). The van der Waals surface area contributed by atoms with Crippen LogP contribution in [0.25, 0.3) is 0 Å². The van der Waals surface area contributed by atoms with Gasteiger partial charge in [0, 0.05) is 36.6 Å². The predicted molar refractivity (Wildman–Crippen MR) is 106 cm³/mol. The number of benzene rings is 2. The van der Waals surface area contributed by atoms with Crippen LogP contribution in [0, 0.1) is 0 Å². The van der Waals surface area contributed by atoms with Gasteiger partial charge >= 0.3 is 0 Å². The molecule has 0 unspecified atom stereocenters. The summed E-state index contributed by atoms with van der Waals surface area (Å²) in [6.45, 7) is 0.335. The van der Waals surface area contributed by atoms with Gasteiger partial charge in [-0.1, -0.05) is 23.7 Å². The Balaban J connectivity index is 1.50. The van der Waals surface area contributed by atoms with Crippen LogP contribution in [0.4, 0.5) is 5.69 Å². The van der Waals surface area contributed by atoms with Crippen molar-refractivity contribution in [1.82, 2.24) is 10.0 Å². The molecule has 28 heavy (non-hydrogen) atoms. The molecule has 0 atom stereocenters. The summed E-state index contributed by atoms with van der Waals surface area (Å²) in [5.41, 5.74) is 2.32. The fourth-order valence-electron chi connectivity index (χ4n) is 2.80. The maximum absolute atomic E-state index is 12.4. The van der Waals surface area contributed by atoms with Crippen LogP contribution in [0.15, 0.2) is 47.4 Å². The third-order valence-corrected chi connectivity index (χ3v) is 6.04. The normalized spacial score (nSPS) is 13.5. The summed E-state index contributed by atoms with van der Waals surface area (Å²) in [4.78, 5) is 23.4. The molecule has 3 rings (SSSR count). The summed E-state index contributed by atoms with van der Waals surface area (Å²) in [6, 6.07) is 11.7. The highest BCUT2D eigenvalue weighted by Crippen LogP contribution is 2.25. The van der Waals surface area contributed by atoms with Crippen molar-refractivity contribution in [3.05, 3.63) is 58.6 Å². The molecule has 2 amide bonds. The van der Waals surface area contributed by atoms with Gasteiger partial charge in [0.2, 0.25) is 21.8 Å². The highest BCUT2D eigenvalue weighted by Gasteiger charge is 2.20. The van der Waals surface area contributed by atoms with Crippen molar-refractivity contribution in [2.75, 3.05) is 11.9 Å². The minimum atomic E-state index is -3.73. The summed E-state index contributed by atoms with van der Waals surface area (Å²) in [5, 5.41) is 6.06. The number of sulfonamides is 1. The molecular formula is C19H20ClN3O4S. The number of hydrogen-bond acceptors (Lipinski definition) is 4. The molecule has 7 nitrogen and oxygen atoms in total. The number of rotatable bonds is 7. The van der Waals surface area contributed by atoms with Crippen molar-refractivity contribution >= 4 is 39.1 Å². The Morgan fingerprint density at radius 2 is 1.86 bits per heavy atom. The zero-order valence-electron chi connectivity index (χ0n) is 15.0. The number of fused-ring (bicyclic) bond motifs is 1. The van der Waals surface area contributed by atoms with Crippen LogP contribution in [0.1, 0.15) is 24.0 Å². The number of amides is 2. The van der Waals surface area contributed by atoms with E-state index in [0.29, 0.717) is 30.1 Å². The number of nitrogens with one attached hydrogen (secondary N) is 3. The van der Waals surface area contributed by atoms with Gasteiger partial charge in [0.15, 0.2) is 0 Å². The van der Waals surface area contributed by atoms with E-state index in [1.54, 1.807) is 24.3 Å². The van der Waals surface area contributed by atoms with Crippen molar-refractivity contribution in [2.24, 2.45) is 0 Å². The predicted octanol–water partition coefficient (Wildman–Crippen LogP) is 2.21. The van der Waals surface area contributed by atoms with Crippen LogP contribution < -0.4 is 15.4 Å². The van der Waals surface area contributed by atoms with Gasteiger partial charge < -0.3 is 10.6 Å². The van der Waals surface area contributed by atoms with Crippen molar-refractivity contribution in [3.8, 4) is 0 Å². The summed E-state index contributed by atoms with van der Waals surface area (Å²) >= 11 is 5.81. The van der Waals surface area contributed by atoms with Gasteiger partial charge in [-0.05, 0) is 47.9 Å². The number of anilines is 1. The third kappa shape index (κ3) is 5.31. The lowest BCUT2D eigenvalue weighted by Gasteiger charge is -2.17. The Hall–Kier alpha value is -2.42. The number of carbonyl (C=O) groups excluding carboxylic acids is 2. The smallest absolute Gasteiger partial charge is 0.240 e. The van der Waals surface area contributed by atoms with E-state index in [0.717, 1.165) is 11.1 Å². The number of halogens is 1. The minimum absolute atomic E-state index is 0.0113. The van der Waals surface area contributed by atoms with E-state index in [2.05, 4.69) is 15.4 Å². The molecule has 3 N–H and O–H groups in total. The van der Waals surface area contributed by atoms with E-state index in [4.69, 9.17) is 11.6 Å². The van der Waals surface area contributed by atoms with E-state index in [1.807, 2.05) is 12.1 Å². The molecule has 1 heterocycles. The first-order valence-electron chi connectivity index (χ1n) is 8.77. The van der Waals surface area contributed by atoms with Gasteiger partial charge in [0.25, 0.3) is 0 Å². The Morgan fingerprint density at radius 3 is 2.61 bits per heavy atom. The second-order valence-electron chi connectivity index (χ2n) is 6.42. The third-order valence-electron chi connectivity index (χ3n) is 4.33. The summed E-state index contributed by atoms with van der Waals surface area (Å²) in [5.74, 6) is -0.336. The molecule has 0 spiro atoms. The fourth-order valence-corrected chi connectivity index (χ4v) is 4.01. The van der Waals surface area contributed by atoms with E-state index in [1.165, 1.54) is 6.07 Å². The molecule has 0 bridgehead atoms. The van der Waals surface area contributed by atoms with Crippen LogP contribution in [0.2, 0.25) is 5.02 Å². The average molecular weight is 422 g/mol. The topological polar surface area (TPSA) is 104 Å². The van der Waals surface area contributed by atoms with Crippen molar-refractivity contribution < 1.29 is 18.0 Å². The van der Waals surface area contributed by atoms with Crippen LogP contribution in [-0.4, -0.2) is 26.8 Å². The first-order chi connectivity index (χ1) is 13.3. The molecule has 0 fully saturated rings. The summed E-state index contributed by atoms with van der Waals surface area (Å²) in [6.07, 6.45) is 0.850. The van der Waals surface area contributed by atoms with E-state index < -0.39 is 10.0 Å². The minimum Gasteiger partial charge on any atom is -0.352 e. The highest BCUT2D eigenvalue weighted by atomic mass is 35.5. The molecule has 0 aromatic heterocycles. The molecule has 2 aromatic rings. The van der Waals surface area contributed by atoms with Gasteiger partial charge in [-0.3, -0.25) is 9.59 Å². The van der Waals surface area contributed by atoms with Crippen LogP contribution in [0.5, 0.6) is 0 Å². The lowest BCUT2D eigenvalue weighted by atomic mass is 10.0. The SMILES string of the molecule is O=C(CCNS(=O)(=O)c1ccc2c(c1)CCC(=O)N2)NCc1ccc(Cl)cc1. The van der Waals surface area contributed by atoms with Crippen LogP contribution >= 0.6 is 11.6 Å². The molecule has 0 saturated heterocycles. The second-order valence-corrected chi connectivity index (χ2v) is 8.62. The van der Waals surface area contributed by atoms with Crippen LogP contribution in [0.3, 0.4) is 0 Å². The lowest BCUT2D eigenvalue weighted by molar-refractivity contribution is -0.121. The van der Waals surface area contributed by atoms with Gasteiger partial charge in [-0.2, -0.15) is 0 Å². The van der Waals surface area contributed by atoms with E-state index in [9.17, 15) is 18.0 Å². The molecule has 0 aliphatic carbocycles. The van der Waals surface area contributed by atoms with E-state index in [-0.39, 0.29) is 29.7 Å². The van der Waals surface area contributed by atoms with E-state index >= 15 is 0 Å². The van der Waals surface area contributed by atoms with Gasteiger partial charge in [0.05, 0.1) is 4.90 Å². The van der Waals surface area contributed by atoms with Gasteiger partial charge in [-0.15, -0.1) is 0 Å². The largest absolute Gasteiger partial charge is 0.352 e. The number of aryl methyl sites for hydroxylation is 1. The molecule has 1 aliphatic rings.